The van der Waals surface area contributed by atoms with E-state index in [4.69, 9.17) is 14.5 Å². The van der Waals surface area contributed by atoms with Gasteiger partial charge in [0.25, 0.3) is 0 Å². The second-order valence-electron chi connectivity index (χ2n) is 7.94. The van der Waals surface area contributed by atoms with E-state index in [-0.39, 0.29) is 6.10 Å². The monoisotopic (exact) mass is 414 g/mol. The maximum atomic E-state index is 6.09. The van der Waals surface area contributed by atoms with Crippen LogP contribution in [0.15, 0.2) is 67.1 Å². The van der Waals surface area contributed by atoms with Gasteiger partial charge in [-0.25, -0.2) is 4.98 Å². The maximum Gasteiger partial charge on any atom is 0.119 e. The molecule has 0 saturated carbocycles. The van der Waals surface area contributed by atoms with Crippen LogP contribution in [0.5, 0.6) is 5.75 Å². The van der Waals surface area contributed by atoms with Gasteiger partial charge < -0.3 is 14.0 Å². The Morgan fingerprint density at radius 1 is 1.13 bits per heavy atom. The van der Waals surface area contributed by atoms with Crippen molar-refractivity contribution in [1.82, 2.24) is 19.4 Å². The highest BCUT2D eigenvalue weighted by atomic mass is 16.5. The van der Waals surface area contributed by atoms with Gasteiger partial charge in [0, 0.05) is 49.3 Å². The predicted octanol–water partition coefficient (Wildman–Crippen LogP) is 4.22. The highest BCUT2D eigenvalue weighted by molar-refractivity contribution is 5.83. The molecule has 0 unspecified atom stereocenters. The van der Waals surface area contributed by atoms with Crippen LogP contribution in [-0.2, 0) is 18.3 Å². The van der Waals surface area contributed by atoms with E-state index in [1.807, 2.05) is 30.5 Å². The molecule has 2 aromatic heterocycles. The molecular formula is C25H26N4O2. The first-order valence-corrected chi connectivity index (χ1v) is 10.5. The Morgan fingerprint density at radius 3 is 2.94 bits per heavy atom. The number of benzene rings is 2. The molecule has 6 heteroatoms. The lowest BCUT2D eigenvalue weighted by molar-refractivity contribution is -0.0350. The maximum absolute atomic E-state index is 6.09. The minimum atomic E-state index is -0.0956. The van der Waals surface area contributed by atoms with Crippen LogP contribution in [0.2, 0.25) is 0 Å². The van der Waals surface area contributed by atoms with Gasteiger partial charge >= 0.3 is 0 Å². The second-order valence-corrected chi connectivity index (χ2v) is 7.94. The number of fused-ring (bicyclic) bond motifs is 1. The molecule has 0 radical (unpaired) electrons. The third-order valence-corrected chi connectivity index (χ3v) is 5.87. The minimum absolute atomic E-state index is 0.0956. The van der Waals surface area contributed by atoms with Crippen LogP contribution in [0, 0.1) is 0 Å². The van der Waals surface area contributed by atoms with Crippen molar-refractivity contribution in [2.45, 2.75) is 12.6 Å². The lowest BCUT2D eigenvalue weighted by Gasteiger charge is -2.32. The number of ether oxygens (including phenoxy) is 2. The van der Waals surface area contributed by atoms with Crippen molar-refractivity contribution in [3.8, 4) is 17.0 Å². The molecule has 0 bridgehead atoms. The van der Waals surface area contributed by atoms with E-state index >= 15 is 0 Å². The first-order chi connectivity index (χ1) is 15.2. The van der Waals surface area contributed by atoms with Crippen LogP contribution >= 0.6 is 0 Å². The van der Waals surface area contributed by atoms with E-state index < -0.39 is 0 Å². The van der Waals surface area contributed by atoms with Crippen LogP contribution < -0.4 is 4.74 Å². The van der Waals surface area contributed by atoms with Crippen LogP contribution in [-0.4, -0.2) is 46.2 Å². The van der Waals surface area contributed by atoms with Crippen molar-refractivity contribution in [3.63, 3.8) is 0 Å². The normalized spacial score (nSPS) is 17.2. The number of hydrogen-bond acceptors (Lipinski definition) is 5. The van der Waals surface area contributed by atoms with E-state index in [2.05, 4.69) is 52.0 Å². The lowest BCUT2D eigenvalue weighted by Crippen LogP contribution is -2.38. The summed E-state index contributed by atoms with van der Waals surface area (Å²) in [5, 5.41) is 1.31. The molecule has 2 aromatic carbocycles. The first-order valence-electron chi connectivity index (χ1n) is 10.5. The van der Waals surface area contributed by atoms with Crippen LogP contribution in [0.25, 0.3) is 22.2 Å². The van der Waals surface area contributed by atoms with Gasteiger partial charge in [0.15, 0.2) is 0 Å². The summed E-state index contributed by atoms with van der Waals surface area (Å²) in [6.07, 6.45) is 5.74. The fourth-order valence-corrected chi connectivity index (χ4v) is 4.28. The van der Waals surface area contributed by atoms with Crippen LogP contribution in [0.4, 0.5) is 0 Å². The lowest BCUT2D eigenvalue weighted by atomic mass is 10.1. The van der Waals surface area contributed by atoms with Crippen molar-refractivity contribution >= 4 is 10.9 Å². The largest absolute Gasteiger partial charge is 0.497 e. The first kappa shape index (κ1) is 19.7. The zero-order valence-electron chi connectivity index (χ0n) is 17.9. The predicted molar refractivity (Wildman–Crippen MR) is 121 cm³/mol. The molecule has 31 heavy (non-hydrogen) atoms. The van der Waals surface area contributed by atoms with Gasteiger partial charge in [0.05, 0.1) is 37.5 Å². The smallest absolute Gasteiger partial charge is 0.119 e. The SMILES string of the molecule is COc1cccc(-c2cncc([C@@H]3CN(Cc4cn(C)c5ccccc45)CCO3)n2)c1. The molecule has 1 saturated heterocycles. The number of nitrogens with zero attached hydrogens (tertiary/aromatic N) is 4. The standard InChI is InChI=1S/C25H26N4O2/c1-28-15-19(21-8-3-4-9-24(21)28)16-29-10-11-31-25(17-29)23-14-26-13-22(27-23)18-6-5-7-20(12-18)30-2/h3-9,12-15,25H,10-11,16-17H2,1-2H3/t25-/m0/s1. The van der Waals surface area contributed by atoms with Crippen molar-refractivity contribution in [1.29, 1.82) is 0 Å². The summed E-state index contributed by atoms with van der Waals surface area (Å²) in [5.41, 5.74) is 5.28. The fourth-order valence-electron chi connectivity index (χ4n) is 4.28. The summed E-state index contributed by atoms with van der Waals surface area (Å²) in [6, 6.07) is 16.4. The molecule has 5 rings (SSSR count). The summed E-state index contributed by atoms with van der Waals surface area (Å²) in [7, 11) is 3.77. The summed E-state index contributed by atoms with van der Waals surface area (Å²) in [5.74, 6) is 0.805. The minimum Gasteiger partial charge on any atom is -0.497 e. The summed E-state index contributed by atoms with van der Waals surface area (Å²) in [6.45, 7) is 3.27. The van der Waals surface area contributed by atoms with Gasteiger partial charge in [0.2, 0.25) is 0 Å². The molecule has 158 valence electrons. The Morgan fingerprint density at radius 2 is 2.03 bits per heavy atom. The molecule has 3 heterocycles. The Hall–Kier alpha value is -3.22. The average Bonchev–Trinajstić information content (AvgIpc) is 3.15. The zero-order valence-corrected chi connectivity index (χ0v) is 17.9. The quantitative estimate of drug-likeness (QED) is 0.490. The molecule has 1 fully saturated rings. The zero-order chi connectivity index (χ0) is 21.2. The Bertz CT molecular complexity index is 1200. The number of methoxy groups -OCH3 is 1. The van der Waals surface area contributed by atoms with Gasteiger partial charge in [-0.15, -0.1) is 0 Å². The number of morpholine rings is 1. The van der Waals surface area contributed by atoms with Gasteiger partial charge in [0.1, 0.15) is 11.9 Å². The summed E-state index contributed by atoms with van der Waals surface area (Å²) < 4.78 is 13.6. The molecule has 0 spiro atoms. The van der Waals surface area contributed by atoms with Crippen molar-refractivity contribution in [2.24, 2.45) is 7.05 Å². The van der Waals surface area contributed by atoms with Crippen molar-refractivity contribution < 1.29 is 9.47 Å². The molecule has 4 aromatic rings. The van der Waals surface area contributed by atoms with Gasteiger partial charge in [-0.1, -0.05) is 30.3 Å². The number of hydrogen-bond donors (Lipinski definition) is 0. The molecular weight excluding hydrogens is 388 g/mol. The molecule has 1 aliphatic rings. The van der Waals surface area contributed by atoms with E-state index in [0.717, 1.165) is 42.3 Å². The van der Waals surface area contributed by atoms with E-state index in [9.17, 15) is 0 Å². The van der Waals surface area contributed by atoms with E-state index in [1.54, 1.807) is 13.3 Å². The Labute approximate surface area is 182 Å². The topological polar surface area (TPSA) is 52.4 Å². The molecule has 1 aliphatic heterocycles. The number of para-hydroxylation sites is 1. The summed E-state index contributed by atoms with van der Waals surface area (Å²) in [4.78, 5) is 11.7. The molecule has 1 atom stereocenters. The second kappa shape index (κ2) is 8.49. The Kier molecular flexibility index (Phi) is 5.40. The van der Waals surface area contributed by atoms with E-state index in [0.29, 0.717) is 6.61 Å². The van der Waals surface area contributed by atoms with Crippen molar-refractivity contribution in [3.05, 3.63) is 78.4 Å². The molecule has 0 aliphatic carbocycles. The van der Waals surface area contributed by atoms with E-state index in [1.165, 1.54) is 16.5 Å². The summed E-state index contributed by atoms with van der Waals surface area (Å²) >= 11 is 0. The molecule has 0 amide bonds. The van der Waals surface area contributed by atoms with Crippen molar-refractivity contribution in [2.75, 3.05) is 26.8 Å². The Balaban J connectivity index is 1.35. The number of aromatic nitrogens is 3. The highest BCUT2D eigenvalue weighted by Gasteiger charge is 2.24. The molecule has 6 nitrogen and oxygen atoms in total. The van der Waals surface area contributed by atoms with Gasteiger partial charge in [-0.2, -0.15) is 0 Å². The van der Waals surface area contributed by atoms with Crippen LogP contribution in [0.3, 0.4) is 0 Å². The third-order valence-electron chi connectivity index (χ3n) is 5.87. The van der Waals surface area contributed by atoms with Gasteiger partial charge in [-0.3, -0.25) is 9.88 Å². The third kappa shape index (κ3) is 4.04. The number of rotatable bonds is 5. The van der Waals surface area contributed by atoms with Crippen LogP contribution in [0.1, 0.15) is 17.4 Å². The highest BCUT2D eigenvalue weighted by Crippen LogP contribution is 2.27. The fraction of sp³-hybridized carbons (Fsp3) is 0.280. The number of aryl methyl sites for hydroxylation is 1. The van der Waals surface area contributed by atoms with Gasteiger partial charge in [-0.05, 0) is 23.8 Å². The molecule has 0 N–H and O–H groups in total. The average molecular weight is 415 g/mol.